The van der Waals surface area contributed by atoms with Crippen molar-refractivity contribution in [3.8, 4) is 11.5 Å². The van der Waals surface area contributed by atoms with E-state index in [0.717, 1.165) is 18.9 Å². The number of carboxylic acid groups (broad SMARTS) is 1. The number of carboxylic acids is 1. The SMILES string of the molecule is CCc1nc(C2CC2)c(Oc2ccc(F)nc2C)c(C(=O)O)c1F. The molecule has 1 aliphatic rings. The molecule has 7 heteroatoms. The Labute approximate surface area is 137 Å². The minimum Gasteiger partial charge on any atom is -0.477 e. The molecule has 24 heavy (non-hydrogen) atoms. The molecular formula is C17H16F2N2O3. The fraction of sp³-hybridized carbons (Fsp3) is 0.353. The molecule has 1 aliphatic carbocycles. The number of aryl methyl sites for hydroxylation is 2. The molecule has 0 radical (unpaired) electrons. The normalized spacial score (nSPS) is 13.8. The van der Waals surface area contributed by atoms with Crippen molar-refractivity contribution >= 4 is 5.97 Å². The third-order valence-electron chi connectivity index (χ3n) is 3.92. The third-order valence-corrected chi connectivity index (χ3v) is 3.92. The Morgan fingerprint density at radius 2 is 2.04 bits per heavy atom. The number of rotatable bonds is 5. The molecule has 0 spiro atoms. The molecule has 0 amide bonds. The highest BCUT2D eigenvalue weighted by Gasteiger charge is 2.34. The van der Waals surface area contributed by atoms with Crippen LogP contribution in [0.25, 0.3) is 0 Å². The van der Waals surface area contributed by atoms with Crippen LogP contribution in [0, 0.1) is 18.7 Å². The topological polar surface area (TPSA) is 72.3 Å². The van der Waals surface area contributed by atoms with Gasteiger partial charge in [0.05, 0.1) is 17.1 Å². The summed E-state index contributed by atoms with van der Waals surface area (Å²) in [6, 6.07) is 2.44. The Bertz CT molecular complexity index is 820. The minimum absolute atomic E-state index is 0.0534. The van der Waals surface area contributed by atoms with Crippen LogP contribution >= 0.6 is 0 Å². The highest BCUT2D eigenvalue weighted by molar-refractivity contribution is 5.92. The van der Waals surface area contributed by atoms with Gasteiger partial charge in [-0.3, -0.25) is 4.98 Å². The molecule has 2 aromatic rings. The first-order valence-electron chi connectivity index (χ1n) is 7.68. The van der Waals surface area contributed by atoms with Crippen LogP contribution in [0.5, 0.6) is 11.5 Å². The van der Waals surface area contributed by atoms with Gasteiger partial charge in [-0.15, -0.1) is 0 Å². The average molecular weight is 334 g/mol. The molecule has 2 heterocycles. The van der Waals surface area contributed by atoms with Gasteiger partial charge in [-0.2, -0.15) is 4.39 Å². The fourth-order valence-corrected chi connectivity index (χ4v) is 2.51. The molecule has 2 aromatic heterocycles. The number of pyridine rings is 2. The molecule has 126 valence electrons. The van der Waals surface area contributed by atoms with E-state index in [9.17, 15) is 18.7 Å². The van der Waals surface area contributed by atoms with Crippen LogP contribution in [0.2, 0.25) is 0 Å². The zero-order chi connectivity index (χ0) is 17.4. The highest BCUT2D eigenvalue weighted by Crippen LogP contribution is 2.46. The van der Waals surface area contributed by atoms with Crippen molar-refractivity contribution in [3.05, 3.63) is 46.5 Å². The second-order valence-corrected chi connectivity index (χ2v) is 5.71. The van der Waals surface area contributed by atoms with E-state index >= 15 is 0 Å². The van der Waals surface area contributed by atoms with Gasteiger partial charge in [-0.1, -0.05) is 6.92 Å². The summed E-state index contributed by atoms with van der Waals surface area (Å²) >= 11 is 0. The molecule has 0 atom stereocenters. The van der Waals surface area contributed by atoms with Crippen molar-refractivity contribution in [3.63, 3.8) is 0 Å². The second-order valence-electron chi connectivity index (χ2n) is 5.71. The Hall–Kier alpha value is -2.57. The van der Waals surface area contributed by atoms with E-state index in [1.165, 1.54) is 13.0 Å². The summed E-state index contributed by atoms with van der Waals surface area (Å²) in [4.78, 5) is 19.5. The molecule has 1 saturated carbocycles. The maximum absolute atomic E-state index is 14.5. The second kappa shape index (κ2) is 6.14. The molecule has 0 bridgehead atoms. The van der Waals surface area contributed by atoms with Crippen molar-refractivity contribution in [2.24, 2.45) is 0 Å². The number of ether oxygens (including phenoxy) is 1. The first-order valence-corrected chi connectivity index (χ1v) is 7.68. The lowest BCUT2D eigenvalue weighted by Gasteiger charge is -2.16. The summed E-state index contributed by atoms with van der Waals surface area (Å²) < 4.78 is 33.3. The summed E-state index contributed by atoms with van der Waals surface area (Å²) in [5.74, 6) is -2.88. The van der Waals surface area contributed by atoms with E-state index in [0.29, 0.717) is 5.69 Å². The van der Waals surface area contributed by atoms with Gasteiger partial charge in [0, 0.05) is 5.92 Å². The van der Waals surface area contributed by atoms with Gasteiger partial charge in [0.15, 0.2) is 11.6 Å². The van der Waals surface area contributed by atoms with Gasteiger partial charge >= 0.3 is 5.97 Å². The molecule has 0 saturated heterocycles. The quantitative estimate of drug-likeness (QED) is 0.837. The predicted molar refractivity (Wildman–Crippen MR) is 81.5 cm³/mol. The summed E-state index contributed by atoms with van der Waals surface area (Å²) in [6.07, 6.45) is 1.97. The predicted octanol–water partition coefficient (Wildman–Crippen LogP) is 3.99. The monoisotopic (exact) mass is 334 g/mol. The zero-order valence-corrected chi connectivity index (χ0v) is 13.3. The van der Waals surface area contributed by atoms with Crippen molar-refractivity contribution in [1.29, 1.82) is 0 Å². The molecule has 0 aliphatic heterocycles. The lowest BCUT2D eigenvalue weighted by atomic mass is 10.1. The average Bonchev–Trinajstić information content (AvgIpc) is 3.34. The lowest BCUT2D eigenvalue weighted by Crippen LogP contribution is -2.12. The van der Waals surface area contributed by atoms with E-state index in [4.69, 9.17) is 4.74 Å². The number of carbonyl (C=O) groups is 1. The Morgan fingerprint density at radius 1 is 1.33 bits per heavy atom. The summed E-state index contributed by atoms with van der Waals surface area (Å²) in [5, 5.41) is 9.46. The number of nitrogens with zero attached hydrogens (tertiary/aromatic N) is 2. The van der Waals surface area contributed by atoms with Gasteiger partial charge in [0.25, 0.3) is 0 Å². The number of hydrogen-bond acceptors (Lipinski definition) is 4. The van der Waals surface area contributed by atoms with Gasteiger partial charge in [0.2, 0.25) is 5.95 Å². The van der Waals surface area contributed by atoms with Crippen LogP contribution in [0.15, 0.2) is 12.1 Å². The van der Waals surface area contributed by atoms with E-state index in [-0.39, 0.29) is 35.2 Å². The summed E-state index contributed by atoms with van der Waals surface area (Å²) in [6.45, 7) is 3.24. The molecule has 1 N–H and O–H groups in total. The summed E-state index contributed by atoms with van der Waals surface area (Å²) in [5.41, 5.74) is 0.255. The van der Waals surface area contributed by atoms with Crippen molar-refractivity contribution < 1.29 is 23.4 Å². The third kappa shape index (κ3) is 2.93. The number of halogens is 2. The van der Waals surface area contributed by atoms with E-state index in [1.54, 1.807) is 6.92 Å². The molecule has 1 fully saturated rings. The van der Waals surface area contributed by atoms with Crippen molar-refractivity contribution in [2.75, 3.05) is 0 Å². The highest BCUT2D eigenvalue weighted by atomic mass is 19.1. The summed E-state index contributed by atoms with van der Waals surface area (Å²) in [7, 11) is 0. The number of aromatic nitrogens is 2. The van der Waals surface area contributed by atoms with Crippen LogP contribution < -0.4 is 4.74 Å². The van der Waals surface area contributed by atoms with Crippen molar-refractivity contribution in [2.45, 2.75) is 39.0 Å². The molecule has 0 aromatic carbocycles. The van der Waals surface area contributed by atoms with Gasteiger partial charge in [-0.05, 0) is 38.3 Å². The lowest BCUT2D eigenvalue weighted by molar-refractivity contribution is 0.0688. The Morgan fingerprint density at radius 3 is 2.58 bits per heavy atom. The van der Waals surface area contributed by atoms with Gasteiger partial charge < -0.3 is 9.84 Å². The first kappa shape index (κ1) is 16.3. The fourth-order valence-electron chi connectivity index (χ4n) is 2.51. The van der Waals surface area contributed by atoms with Gasteiger partial charge in [0.1, 0.15) is 11.3 Å². The van der Waals surface area contributed by atoms with Crippen LogP contribution in [-0.2, 0) is 6.42 Å². The van der Waals surface area contributed by atoms with Gasteiger partial charge in [-0.25, -0.2) is 14.2 Å². The van der Waals surface area contributed by atoms with E-state index in [2.05, 4.69) is 9.97 Å². The Balaban J connectivity index is 2.17. The standard InChI is InChI=1S/C17H16F2N2O3/c1-3-10-14(19)13(17(22)23)16(15(21-10)9-4-5-9)24-11-6-7-12(18)20-8(11)2/h6-7,9H,3-5H2,1-2H3,(H,22,23). The minimum atomic E-state index is -1.42. The molecule has 5 nitrogen and oxygen atoms in total. The molecule has 3 rings (SSSR count). The molecule has 0 unspecified atom stereocenters. The van der Waals surface area contributed by atoms with Crippen LogP contribution in [0.3, 0.4) is 0 Å². The number of hydrogen-bond donors (Lipinski definition) is 1. The van der Waals surface area contributed by atoms with Crippen molar-refractivity contribution in [1.82, 2.24) is 9.97 Å². The first-order chi connectivity index (χ1) is 11.4. The number of aromatic carboxylic acids is 1. The maximum atomic E-state index is 14.5. The Kier molecular flexibility index (Phi) is 4.17. The van der Waals surface area contributed by atoms with Crippen LogP contribution in [-0.4, -0.2) is 21.0 Å². The molecular weight excluding hydrogens is 318 g/mol. The largest absolute Gasteiger partial charge is 0.477 e. The van der Waals surface area contributed by atoms with Crippen LogP contribution in [0.4, 0.5) is 8.78 Å². The van der Waals surface area contributed by atoms with E-state index < -0.39 is 23.3 Å². The maximum Gasteiger partial charge on any atom is 0.342 e. The van der Waals surface area contributed by atoms with Crippen LogP contribution in [0.1, 0.15) is 53.1 Å². The van der Waals surface area contributed by atoms with E-state index in [1.807, 2.05) is 0 Å². The smallest absolute Gasteiger partial charge is 0.342 e. The zero-order valence-electron chi connectivity index (χ0n) is 13.3.